The predicted molar refractivity (Wildman–Crippen MR) is 259 cm³/mol. The second kappa shape index (κ2) is 14.4. The third kappa shape index (κ3) is 5.93. The molecular formula is C60H38O. The van der Waals surface area contributed by atoms with Gasteiger partial charge in [-0.3, -0.25) is 0 Å². The molecule has 0 fully saturated rings. The zero-order valence-corrected chi connectivity index (χ0v) is 33.3. The molecule has 0 amide bonds. The van der Waals surface area contributed by atoms with E-state index >= 15 is 0 Å². The molecule has 0 atom stereocenters. The Labute approximate surface area is 354 Å². The van der Waals surface area contributed by atoms with E-state index in [-0.39, 0.29) is 0 Å². The summed E-state index contributed by atoms with van der Waals surface area (Å²) in [6.07, 6.45) is 0. The normalized spacial score (nSPS) is 11.6. The molecule has 61 heavy (non-hydrogen) atoms. The van der Waals surface area contributed by atoms with E-state index < -0.39 is 0 Å². The van der Waals surface area contributed by atoms with Crippen molar-refractivity contribution in [1.29, 1.82) is 0 Å². The van der Waals surface area contributed by atoms with E-state index in [2.05, 4.69) is 224 Å². The first kappa shape index (κ1) is 35.0. The van der Waals surface area contributed by atoms with E-state index in [1.165, 1.54) is 76.8 Å². The molecule has 0 radical (unpaired) electrons. The minimum Gasteiger partial charge on any atom is -0.455 e. The lowest BCUT2D eigenvalue weighted by molar-refractivity contribution is 0.670. The van der Waals surface area contributed by atoms with Gasteiger partial charge >= 0.3 is 0 Å². The van der Waals surface area contributed by atoms with E-state index in [0.717, 1.165) is 44.2 Å². The second-order valence-electron chi connectivity index (χ2n) is 16.0. The van der Waals surface area contributed by atoms with Gasteiger partial charge in [-0.1, -0.05) is 194 Å². The summed E-state index contributed by atoms with van der Waals surface area (Å²) in [6.45, 7) is 0. The Balaban J connectivity index is 1.10. The molecule has 1 nitrogen and oxygen atoms in total. The van der Waals surface area contributed by atoms with Crippen LogP contribution < -0.4 is 0 Å². The standard InChI is InChI=1S/C60H38O/c1-3-16-39(17-4-1)41-21-14-25-47(35-41)57-50-28-9-10-29-51(50)58(48-26-15-22-42(36-48)40-18-5-2-6-19-40)55-37-44(32-33-52(55)57)43-23-13-24-45(34-43)54-38-46-20-7-8-27-49(46)59-53-30-11-12-31-56(53)61-60(54)59/h1-38H. The van der Waals surface area contributed by atoms with Gasteiger partial charge in [-0.25, -0.2) is 0 Å². The van der Waals surface area contributed by atoms with Crippen LogP contribution in [0.15, 0.2) is 235 Å². The van der Waals surface area contributed by atoms with E-state index in [0.29, 0.717) is 0 Å². The third-order valence-corrected chi connectivity index (χ3v) is 12.4. The van der Waals surface area contributed by atoms with Crippen molar-refractivity contribution in [3.63, 3.8) is 0 Å². The molecule has 0 bridgehead atoms. The van der Waals surface area contributed by atoms with Crippen molar-refractivity contribution in [2.75, 3.05) is 0 Å². The molecular weight excluding hydrogens is 737 g/mol. The van der Waals surface area contributed by atoms with Crippen LogP contribution in [0.2, 0.25) is 0 Å². The fourth-order valence-corrected chi connectivity index (χ4v) is 9.60. The van der Waals surface area contributed by atoms with Gasteiger partial charge in [-0.05, 0) is 130 Å². The summed E-state index contributed by atoms with van der Waals surface area (Å²) in [5, 5.41) is 9.62. The first-order valence-electron chi connectivity index (χ1n) is 21.0. The van der Waals surface area contributed by atoms with Crippen LogP contribution in [0.3, 0.4) is 0 Å². The minimum atomic E-state index is 0.905. The number of rotatable bonds is 6. The van der Waals surface area contributed by atoms with Gasteiger partial charge in [0, 0.05) is 16.3 Å². The highest BCUT2D eigenvalue weighted by molar-refractivity contribution is 6.24. The SMILES string of the molecule is c1ccc(-c2cccc(-c3c4ccccc4c(-c4cccc(-c5ccccc5)c4)c4cc(-c5cccc(-c6cc7ccccc7c7c6oc6ccccc67)c5)ccc34)c2)cc1. The number of fused-ring (bicyclic) bond motifs is 7. The highest BCUT2D eigenvalue weighted by Crippen LogP contribution is 2.47. The van der Waals surface area contributed by atoms with Crippen molar-refractivity contribution in [2.45, 2.75) is 0 Å². The van der Waals surface area contributed by atoms with Crippen molar-refractivity contribution >= 4 is 54.3 Å². The Morgan fingerprint density at radius 3 is 1.34 bits per heavy atom. The largest absolute Gasteiger partial charge is 0.455 e. The highest BCUT2D eigenvalue weighted by Gasteiger charge is 2.20. The molecule has 1 aromatic heterocycles. The van der Waals surface area contributed by atoms with Gasteiger partial charge in [0.1, 0.15) is 11.2 Å². The Bertz CT molecular complexity index is 3630. The van der Waals surface area contributed by atoms with Crippen LogP contribution >= 0.6 is 0 Å². The first-order chi connectivity index (χ1) is 30.2. The molecule has 0 saturated heterocycles. The Kier molecular flexibility index (Phi) is 8.25. The van der Waals surface area contributed by atoms with Crippen molar-refractivity contribution < 1.29 is 4.42 Å². The zero-order valence-electron chi connectivity index (χ0n) is 33.3. The summed E-state index contributed by atoms with van der Waals surface area (Å²) < 4.78 is 6.69. The molecule has 12 rings (SSSR count). The summed E-state index contributed by atoms with van der Waals surface area (Å²) in [5.41, 5.74) is 16.1. The lowest BCUT2D eigenvalue weighted by atomic mass is 9.84. The van der Waals surface area contributed by atoms with Gasteiger partial charge in [0.25, 0.3) is 0 Å². The quantitative estimate of drug-likeness (QED) is 0.153. The van der Waals surface area contributed by atoms with Crippen molar-refractivity contribution in [1.82, 2.24) is 0 Å². The van der Waals surface area contributed by atoms with Gasteiger partial charge in [-0.15, -0.1) is 0 Å². The van der Waals surface area contributed by atoms with Crippen molar-refractivity contribution in [3.05, 3.63) is 231 Å². The Morgan fingerprint density at radius 2 is 0.689 bits per heavy atom. The number of hydrogen-bond donors (Lipinski definition) is 0. The highest BCUT2D eigenvalue weighted by atomic mass is 16.3. The maximum atomic E-state index is 6.69. The lowest BCUT2D eigenvalue weighted by Gasteiger charge is -2.20. The topological polar surface area (TPSA) is 13.1 Å². The van der Waals surface area contributed by atoms with Crippen LogP contribution in [0.4, 0.5) is 0 Å². The Hall–Kier alpha value is -8.00. The monoisotopic (exact) mass is 774 g/mol. The van der Waals surface area contributed by atoms with Gasteiger partial charge in [0.05, 0.1) is 0 Å². The van der Waals surface area contributed by atoms with Crippen LogP contribution in [0, 0.1) is 0 Å². The van der Waals surface area contributed by atoms with Gasteiger partial charge in [0.15, 0.2) is 0 Å². The number of hydrogen-bond acceptors (Lipinski definition) is 1. The maximum Gasteiger partial charge on any atom is 0.143 e. The minimum absolute atomic E-state index is 0.905. The van der Waals surface area contributed by atoms with Crippen LogP contribution in [0.5, 0.6) is 0 Å². The van der Waals surface area contributed by atoms with Crippen LogP contribution in [-0.2, 0) is 0 Å². The van der Waals surface area contributed by atoms with Crippen LogP contribution in [0.1, 0.15) is 0 Å². The van der Waals surface area contributed by atoms with Crippen LogP contribution in [0.25, 0.3) is 121 Å². The van der Waals surface area contributed by atoms with E-state index in [9.17, 15) is 0 Å². The molecule has 1 heteroatoms. The van der Waals surface area contributed by atoms with Gasteiger partial charge < -0.3 is 4.42 Å². The molecule has 0 aliphatic heterocycles. The molecule has 284 valence electrons. The fourth-order valence-electron chi connectivity index (χ4n) is 9.60. The molecule has 12 aromatic rings. The summed E-state index contributed by atoms with van der Waals surface area (Å²) in [6, 6.07) is 83.8. The Morgan fingerprint density at radius 1 is 0.246 bits per heavy atom. The van der Waals surface area contributed by atoms with E-state index in [4.69, 9.17) is 4.42 Å². The van der Waals surface area contributed by atoms with E-state index in [1.54, 1.807) is 0 Å². The zero-order chi connectivity index (χ0) is 40.3. The second-order valence-corrected chi connectivity index (χ2v) is 16.0. The average molecular weight is 775 g/mol. The number of furan rings is 1. The van der Waals surface area contributed by atoms with Crippen LogP contribution in [-0.4, -0.2) is 0 Å². The average Bonchev–Trinajstić information content (AvgIpc) is 3.74. The van der Waals surface area contributed by atoms with Crippen molar-refractivity contribution in [3.8, 4) is 66.8 Å². The number of para-hydroxylation sites is 1. The predicted octanol–water partition coefficient (Wildman–Crippen LogP) is 17.0. The fraction of sp³-hybridized carbons (Fsp3) is 0. The molecule has 0 N–H and O–H groups in total. The molecule has 0 aliphatic carbocycles. The third-order valence-electron chi connectivity index (χ3n) is 12.4. The molecule has 1 heterocycles. The van der Waals surface area contributed by atoms with Crippen molar-refractivity contribution in [2.24, 2.45) is 0 Å². The summed E-state index contributed by atoms with van der Waals surface area (Å²) in [5.74, 6) is 0. The molecule has 0 spiro atoms. The lowest BCUT2D eigenvalue weighted by Crippen LogP contribution is -1.93. The van der Waals surface area contributed by atoms with Gasteiger partial charge in [-0.2, -0.15) is 0 Å². The van der Waals surface area contributed by atoms with Gasteiger partial charge in [0.2, 0.25) is 0 Å². The summed E-state index contributed by atoms with van der Waals surface area (Å²) in [4.78, 5) is 0. The molecule has 0 unspecified atom stereocenters. The molecule has 11 aromatic carbocycles. The summed E-state index contributed by atoms with van der Waals surface area (Å²) in [7, 11) is 0. The summed E-state index contributed by atoms with van der Waals surface area (Å²) >= 11 is 0. The molecule has 0 aliphatic rings. The number of benzene rings is 11. The first-order valence-corrected chi connectivity index (χ1v) is 21.0. The van der Waals surface area contributed by atoms with E-state index in [1.807, 2.05) is 6.07 Å². The molecule has 0 saturated carbocycles. The maximum absolute atomic E-state index is 6.69. The smallest absolute Gasteiger partial charge is 0.143 e.